The molecule has 2 fully saturated rings. The Morgan fingerprint density at radius 3 is 2.76 bits per heavy atom. The topological polar surface area (TPSA) is 75.4 Å². The third-order valence-corrected chi connectivity index (χ3v) is 4.93. The molecule has 0 aromatic heterocycles. The maximum Gasteiger partial charge on any atom is 0.226 e. The number of piperidine rings is 1. The van der Waals surface area contributed by atoms with Crippen LogP contribution in [0.25, 0.3) is 0 Å². The summed E-state index contributed by atoms with van der Waals surface area (Å²) >= 11 is 0. The molecule has 3 atom stereocenters. The van der Waals surface area contributed by atoms with E-state index in [-0.39, 0.29) is 23.7 Å². The Kier molecular flexibility index (Phi) is 6.03. The smallest absolute Gasteiger partial charge is 0.226 e. The van der Waals surface area contributed by atoms with Crippen LogP contribution in [0.2, 0.25) is 0 Å². The number of hydrogen-bond donors (Lipinski definition) is 2. The second kappa shape index (κ2) is 7.78. The van der Waals surface area contributed by atoms with Gasteiger partial charge in [-0.25, -0.2) is 0 Å². The highest BCUT2D eigenvalue weighted by Gasteiger charge is 2.37. The van der Waals surface area contributed by atoms with Gasteiger partial charge in [-0.2, -0.15) is 0 Å². The van der Waals surface area contributed by atoms with Crippen molar-refractivity contribution in [3.8, 4) is 0 Å². The Bertz CT molecular complexity index is 373. The van der Waals surface area contributed by atoms with Crippen LogP contribution in [0.3, 0.4) is 0 Å². The van der Waals surface area contributed by atoms with Crippen molar-refractivity contribution < 1.29 is 9.59 Å². The summed E-state index contributed by atoms with van der Waals surface area (Å²) in [6.45, 7) is 4.75. The lowest BCUT2D eigenvalue weighted by molar-refractivity contribution is -0.140. The van der Waals surface area contributed by atoms with Crippen LogP contribution < -0.4 is 11.1 Å². The number of nitrogens with one attached hydrogen (secondary N) is 1. The molecule has 21 heavy (non-hydrogen) atoms. The van der Waals surface area contributed by atoms with Gasteiger partial charge in [0.15, 0.2) is 0 Å². The minimum Gasteiger partial charge on any atom is -0.356 e. The standard InChI is InChI=1S/C16H29N3O2/c1-2-8-18-15(20)13-6-4-9-19(11-13)16(21)14-7-3-5-12(14)10-17/h12-14H,2-11,17H2,1H3,(H,18,20)/t12-,13?,14-/m1/s1. The fraction of sp³-hybridized carbons (Fsp3) is 0.875. The maximum atomic E-state index is 12.7. The number of likely N-dealkylation sites (tertiary alicyclic amines) is 1. The summed E-state index contributed by atoms with van der Waals surface area (Å²) < 4.78 is 0. The van der Waals surface area contributed by atoms with Crippen molar-refractivity contribution >= 4 is 11.8 Å². The summed E-state index contributed by atoms with van der Waals surface area (Å²) in [5.74, 6) is 0.735. The fourth-order valence-corrected chi connectivity index (χ4v) is 3.66. The van der Waals surface area contributed by atoms with Gasteiger partial charge in [-0.3, -0.25) is 9.59 Å². The highest BCUT2D eigenvalue weighted by molar-refractivity contribution is 5.82. The lowest BCUT2D eigenvalue weighted by atomic mass is 9.91. The molecule has 5 nitrogen and oxygen atoms in total. The molecule has 3 N–H and O–H groups in total. The van der Waals surface area contributed by atoms with Gasteiger partial charge in [0.05, 0.1) is 5.92 Å². The third-order valence-electron chi connectivity index (χ3n) is 4.93. The Labute approximate surface area is 127 Å². The molecule has 0 bridgehead atoms. The molecule has 2 aliphatic rings. The predicted octanol–water partition coefficient (Wildman–Crippen LogP) is 1.13. The van der Waals surface area contributed by atoms with Crippen molar-refractivity contribution in [2.24, 2.45) is 23.5 Å². The fourth-order valence-electron chi connectivity index (χ4n) is 3.66. The Morgan fingerprint density at radius 2 is 2.05 bits per heavy atom. The van der Waals surface area contributed by atoms with Crippen molar-refractivity contribution in [3.63, 3.8) is 0 Å². The molecule has 2 rings (SSSR count). The molecule has 1 saturated carbocycles. The first-order valence-corrected chi connectivity index (χ1v) is 8.44. The molecule has 0 spiro atoms. The first-order valence-electron chi connectivity index (χ1n) is 8.44. The quantitative estimate of drug-likeness (QED) is 0.798. The van der Waals surface area contributed by atoms with E-state index in [0.717, 1.165) is 51.6 Å². The van der Waals surface area contributed by atoms with Crippen LogP contribution in [0.4, 0.5) is 0 Å². The van der Waals surface area contributed by atoms with Gasteiger partial charge >= 0.3 is 0 Å². The number of hydrogen-bond acceptors (Lipinski definition) is 3. The highest BCUT2D eigenvalue weighted by Crippen LogP contribution is 2.33. The average Bonchev–Trinajstić information content (AvgIpc) is 3.00. The Morgan fingerprint density at radius 1 is 1.24 bits per heavy atom. The SMILES string of the molecule is CCCNC(=O)C1CCCN(C(=O)[C@@H]2CCC[C@@H]2CN)C1. The van der Waals surface area contributed by atoms with E-state index >= 15 is 0 Å². The summed E-state index contributed by atoms with van der Waals surface area (Å²) in [7, 11) is 0. The van der Waals surface area contributed by atoms with Crippen LogP contribution in [-0.2, 0) is 9.59 Å². The van der Waals surface area contributed by atoms with E-state index in [0.29, 0.717) is 19.0 Å². The monoisotopic (exact) mass is 295 g/mol. The van der Waals surface area contributed by atoms with Gasteiger partial charge in [-0.15, -0.1) is 0 Å². The number of nitrogens with zero attached hydrogens (tertiary/aromatic N) is 1. The van der Waals surface area contributed by atoms with Crippen LogP contribution >= 0.6 is 0 Å². The first kappa shape index (κ1) is 16.3. The molecule has 1 heterocycles. The van der Waals surface area contributed by atoms with Crippen LogP contribution in [0.5, 0.6) is 0 Å². The van der Waals surface area contributed by atoms with Crippen LogP contribution in [0.1, 0.15) is 45.4 Å². The average molecular weight is 295 g/mol. The minimum absolute atomic E-state index is 0.0352. The first-order chi connectivity index (χ1) is 10.2. The van der Waals surface area contributed by atoms with Gasteiger partial charge < -0.3 is 16.0 Å². The molecule has 0 aromatic rings. The minimum atomic E-state index is -0.0352. The van der Waals surface area contributed by atoms with E-state index < -0.39 is 0 Å². The molecule has 0 aromatic carbocycles. The summed E-state index contributed by atoms with van der Waals surface area (Å²) in [5, 5.41) is 2.95. The molecule has 1 saturated heterocycles. The summed E-state index contributed by atoms with van der Waals surface area (Å²) in [4.78, 5) is 26.7. The molecular weight excluding hydrogens is 266 g/mol. The van der Waals surface area contributed by atoms with Crippen LogP contribution in [0.15, 0.2) is 0 Å². The third kappa shape index (κ3) is 3.96. The van der Waals surface area contributed by atoms with Crippen LogP contribution in [-0.4, -0.2) is 42.9 Å². The largest absolute Gasteiger partial charge is 0.356 e. The molecule has 120 valence electrons. The predicted molar refractivity (Wildman–Crippen MR) is 82.5 cm³/mol. The Balaban J connectivity index is 1.91. The highest BCUT2D eigenvalue weighted by atomic mass is 16.2. The lowest BCUT2D eigenvalue weighted by Gasteiger charge is -2.34. The maximum absolute atomic E-state index is 12.7. The van der Waals surface area contributed by atoms with Gasteiger partial charge in [0.1, 0.15) is 0 Å². The van der Waals surface area contributed by atoms with E-state index in [2.05, 4.69) is 5.32 Å². The van der Waals surface area contributed by atoms with Gasteiger partial charge in [-0.1, -0.05) is 13.3 Å². The van der Waals surface area contributed by atoms with E-state index in [4.69, 9.17) is 5.73 Å². The Hall–Kier alpha value is -1.10. The number of rotatable bonds is 5. The summed E-state index contributed by atoms with van der Waals surface area (Å²) in [6.07, 6.45) is 5.90. The molecular formula is C16H29N3O2. The zero-order valence-electron chi connectivity index (χ0n) is 13.1. The number of nitrogens with two attached hydrogens (primary N) is 1. The molecule has 5 heteroatoms. The molecule has 1 unspecified atom stereocenters. The second-order valence-corrected chi connectivity index (χ2v) is 6.45. The van der Waals surface area contributed by atoms with Gasteiger partial charge in [-0.05, 0) is 44.6 Å². The van der Waals surface area contributed by atoms with Crippen LogP contribution in [0, 0.1) is 17.8 Å². The summed E-state index contributed by atoms with van der Waals surface area (Å²) in [5.41, 5.74) is 5.79. The van der Waals surface area contributed by atoms with Gasteiger partial charge in [0.25, 0.3) is 0 Å². The van der Waals surface area contributed by atoms with E-state index in [1.54, 1.807) is 0 Å². The van der Waals surface area contributed by atoms with Crippen molar-refractivity contribution in [2.75, 3.05) is 26.2 Å². The molecule has 0 radical (unpaired) electrons. The van der Waals surface area contributed by atoms with E-state index in [1.807, 2.05) is 11.8 Å². The normalized spacial score (nSPS) is 29.4. The van der Waals surface area contributed by atoms with E-state index in [9.17, 15) is 9.59 Å². The second-order valence-electron chi connectivity index (χ2n) is 6.45. The number of carbonyl (C=O) groups is 2. The molecule has 2 amide bonds. The van der Waals surface area contributed by atoms with Gasteiger partial charge in [0.2, 0.25) is 11.8 Å². The van der Waals surface area contributed by atoms with Crippen molar-refractivity contribution in [1.82, 2.24) is 10.2 Å². The molecule has 1 aliphatic heterocycles. The lowest BCUT2D eigenvalue weighted by Crippen LogP contribution is -2.48. The number of amides is 2. The van der Waals surface area contributed by atoms with Gasteiger partial charge in [0, 0.05) is 25.6 Å². The van der Waals surface area contributed by atoms with Crippen molar-refractivity contribution in [3.05, 3.63) is 0 Å². The number of carbonyl (C=O) groups excluding carboxylic acids is 2. The zero-order valence-corrected chi connectivity index (χ0v) is 13.1. The van der Waals surface area contributed by atoms with E-state index in [1.165, 1.54) is 0 Å². The van der Waals surface area contributed by atoms with Crippen molar-refractivity contribution in [1.29, 1.82) is 0 Å². The zero-order chi connectivity index (χ0) is 15.2. The van der Waals surface area contributed by atoms with Crippen molar-refractivity contribution in [2.45, 2.75) is 45.4 Å². The summed E-state index contributed by atoms with van der Waals surface area (Å²) in [6, 6.07) is 0. The molecule has 1 aliphatic carbocycles.